The third-order valence-electron chi connectivity index (χ3n) is 14.9. The average Bonchev–Trinajstić information content (AvgIpc) is 3.59. The average molecular weight is 1390 g/mol. The largest absolute Gasteiger partial charge is 0.378 e. The molecule has 2 saturated heterocycles. The van der Waals surface area contributed by atoms with Crippen molar-refractivity contribution < 1.29 is 91.0 Å². The molecule has 3 heterocycles. The van der Waals surface area contributed by atoms with E-state index in [1.54, 1.807) is 56.4 Å². The van der Waals surface area contributed by atoms with Crippen LogP contribution in [0.25, 0.3) is 0 Å². The fourth-order valence-electron chi connectivity index (χ4n) is 10.3. The van der Waals surface area contributed by atoms with E-state index in [1.807, 2.05) is 62.4 Å². The Hall–Kier alpha value is -3.53. The Morgan fingerprint density at radius 3 is 2.23 bits per heavy atom. The number of likely N-dealkylation sites (N-methyl/N-ethyl adjacent to an activating group) is 1. The van der Waals surface area contributed by atoms with Crippen LogP contribution in [0, 0.1) is 17.8 Å². The Balaban J connectivity index is 0.00000160. The Bertz CT molecular complexity index is 2260. The summed E-state index contributed by atoms with van der Waals surface area (Å²) < 4.78 is 59.7. The Kier molecular flexibility index (Phi) is 34.5. The standard InChI is InChI=1S/C50H77Cl2N5O12.C8H16O3.C2H6.W/c1-13-57(21-23-62-9)48(61)56(8)38-25-36(5)67-43(27-38)68-45(35(4)24-34(3)31-58)50(7,65-12)28-33(2)16-14-19-49(6,32-63-10)69-47(60)54-20-15-22-66-42-26-37(17-18-41(42)64-11)46(59)55-44-39(51)29-53-30-40(44)52;1-6-4-8(2,10-3)5-7(9)11-6;1-2;/h17-18,26,29-31,33-36,38,43,45H,13-15,19-25,27-28,32H2,1-12H3,(H,54,60)(H,53,55,59);6-7,9H,4-5H2,1-3H3;1-2H3;/t33-,34?,35-,36?,38?,43-,45+,49-,50?;;;/m0.../s1. The van der Waals surface area contributed by atoms with Gasteiger partial charge in [0.2, 0.25) is 0 Å². The van der Waals surface area contributed by atoms with Crippen molar-refractivity contribution in [3.8, 4) is 11.5 Å². The monoisotopic (exact) mass is 1380 g/mol. The number of anilines is 1. The first-order valence-corrected chi connectivity index (χ1v) is 31.1. The van der Waals surface area contributed by atoms with E-state index in [9.17, 15) is 24.3 Å². The second kappa shape index (κ2) is 37.9. The molecular weight excluding hydrogens is 1290 g/mol. The number of aliphatic hydroxyl groups excluding tert-OH is 1. The van der Waals surface area contributed by atoms with Crippen LogP contribution in [0.3, 0.4) is 0 Å². The minimum absolute atomic E-state index is 0.0628. The van der Waals surface area contributed by atoms with E-state index in [-0.39, 0.29) is 88.7 Å². The van der Waals surface area contributed by atoms with Gasteiger partial charge >= 0.3 is 286 Å². The number of aromatic nitrogens is 1. The summed E-state index contributed by atoms with van der Waals surface area (Å²) in [7, 11) is 9.91. The fraction of sp³-hybridized carbons (Fsp3) is 0.733. The van der Waals surface area contributed by atoms with Gasteiger partial charge in [-0.3, -0.25) is 9.78 Å². The number of hydrogen-bond acceptors (Lipinski definition) is 16. The molecule has 20 nitrogen and oxygen atoms in total. The molecule has 4 amide bonds. The molecule has 3 N–H and O–H groups in total. The van der Waals surface area contributed by atoms with Gasteiger partial charge in [0.05, 0.1) is 41.2 Å². The van der Waals surface area contributed by atoms with Crippen LogP contribution in [0.2, 0.25) is 10.0 Å². The number of rotatable bonds is 31. The minimum atomic E-state index is -0.928. The van der Waals surface area contributed by atoms with Gasteiger partial charge in [0.15, 0.2) is 12.0 Å². The van der Waals surface area contributed by atoms with Gasteiger partial charge in [0, 0.05) is 58.1 Å². The normalized spacial score (nSPS) is 22.4. The smallest absolute Gasteiger partial charge is 0.157 e. The zero-order valence-electron chi connectivity index (χ0n) is 52.4. The number of nitrogens with one attached hydrogen (secondary N) is 2. The Morgan fingerprint density at radius 1 is 0.976 bits per heavy atom. The van der Waals surface area contributed by atoms with Crippen molar-refractivity contribution in [1.82, 2.24) is 20.1 Å². The molecule has 23 heteroatoms. The van der Waals surface area contributed by atoms with E-state index < -0.39 is 41.9 Å². The first-order valence-electron chi connectivity index (χ1n) is 28.8. The molecular formula is C60H99Cl2N5O15W. The van der Waals surface area contributed by atoms with Crippen LogP contribution in [0.5, 0.6) is 11.5 Å². The molecule has 0 aliphatic carbocycles. The number of carbonyl (C=O) groups is 4. The maximum Gasteiger partial charge on any atom is 0.157 e. The van der Waals surface area contributed by atoms with Crippen molar-refractivity contribution in [2.75, 3.05) is 87.4 Å². The minimum Gasteiger partial charge on any atom is -0.378 e. The van der Waals surface area contributed by atoms with E-state index in [0.717, 1.165) is 12.7 Å². The van der Waals surface area contributed by atoms with Crippen LogP contribution >= 0.6 is 23.2 Å². The maximum absolute atomic E-state index is 13.6. The number of benzene rings is 1. The number of carbonyl (C=O) groups excluding carboxylic acids is 4. The molecule has 0 radical (unpaired) electrons. The summed E-state index contributed by atoms with van der Waals surface area (Å²) in [4.78, 5) is 59.2. The molecule has 0 bridgehead atoms. The topological polar surface area (TPSA) is 224 Å². The number of alkyl carbamates (subject to hydrolysis) is 1. The van der Waals surface area contributed by atoms with E-state index in [4.69, 9.17) is 70.6 Å². The van der Waals surface area contributed by atoms with Gasteiger partial charge < -0.3 is 29.4 Å². The number of urea groups is 1. The SMILES string of the molecule is CC.CCN(CCOC)C(=O)N(C)C1CC(C)O[C@@H](O[C@H]([C@@H](C)CC(C)C=O)C(C)(C[C@@H](C)[C](=[W])CC[C@@](C)(COC)OC(=O)NCCCOc2cc(C(=O)Nc3c(Cl)cncc3Cl)ccc2OC)OC)C1.COC1(C)CC(C)OC(O)C1. The Morgan fingerprint density at radius 2 is 1.65 bits per heavy atom. The molecule has 12 atom stereocenters. The third kappa shape index (κ3) is 25.0. The van der Waals surface area contributed by atoms with Crippen LogP contribution in [0.1, 0.15) is 144 Å². The van der Waals surface area contributed by atoms with Crippen LogP contribution < -0.4 is 20.1 Å². The molecule has 0 saturated carbocycles. The summed E-state index contributed by atoms with van der Waals surface area (Å²) in [5.74, 6) is 0.127. The van der Waals surface area contributed by atoms with Crippen LogP contribution in [0.4, 0.5) is 15.3 Å². The maximum atomic E-state index is 13.6. The zero-order valence-corrected chi connectivity index (χ0v) is 56.9. The number of aliphatic hydroxyl groups is 1. The van der Waals surface area contributed by atoms with Gasteiger partial charge in [-0.05, 0) is 39.0 Å². The van der Waals surface area contributed by atoms with Gasteiger partial charge in [-0.1, -0.05) is 37.0 Å². The van der Waals surface area contributed by atoms with E-state index in [2.05, 4.69) is 36.4 Å². The van der Waals surface area contributed by atoms with Gasteiger partial charge in [-0.25, -0.2) is 0 Å². The summed E-state index contributed by atoms with van der Waals surface area (Å²) in [6.45, 7) is 24.2. The van der Waals surface area contributed by atoms with Gasteiger partial charge in [-0.15, -0.1) is 0 Å². The van der Waals surface area contributed by atoms with Crippen molar-refractivity contribution in [2.24, 2.45) is 17.8 Å². The zero-order chi connectivity index (χ0) is 62.7. The summed E-state index contributed by atoms with van der Waals surface area (Å²) in [6.07, 6.45) is 6.74. The van der Waals surface area contributed by atoms with Gasteiger partial charge in [-0.2, -0.15) is 0 Å². The number of ether oxygens (including phenoxy) is 10. The van der Waals surface area contributed by atoms with Gasteiger partial charge in [0.25, 0.3) is 5.91 Å². The molecule has 474 valence electrons. The van der Waals surface area contributed by atoms with E-state index in [0.29, 0.717) is 82.6 Å². The first kappa shape index (κ1) is 75.6. The molecule has 83 heavy (non-hydrogen) atoms. The molecule has 1 aromatic heterocycles. The quantitative estimate of drug-likeness (QED) is 0.0471. The molecule has 0 spiro atoms. The number of pyridine rings is 1. The Labute approximate surface area is 516 Å². The number of methoxy groups -OCH3 is 5. The number of halogens is 2. The summed E-state index contributed by atoms with van der Waals surface area (Å²) >= 11 is 13.7. The number of nitrogens with zero attached hydrogens (tertiary/aromatic N) is 3. The summed E-state index contributed by atoms with van der Waals surface area (Å²) in [6, 6.07) is 4.58. The second-order valence-electron chi connectivity index (χ2n) is 22.1. The van der Waals surface area contributed by atoms with Crippen LogP contribution in [0.15, 0.2) is 30.6 Å². The van der Waals surface area contributed by atoms with Crippen molar-refractivity contribution in [2.45, 2.75) is 188 Å². The number of aldehydes is 1. The predicted molar refractivity (Wildman–Crippen MR) is 320 cm³/mol. The molecule has 1 aromatic carbocycles. The first-order chi connectivity index (χ1) is 39.2. The van der Waals surface area contributed by atoms with Gasteiger partial charge in [0.1, 0.15) is 0 Å². The van der Waals surface area contributed by atoms with Crippen LogP contribution in [-0.4, -0.2) is 184 Å². The molecule has 2 aliphatic rings. The molecule has 2 aromatic rings. The number of amides is 4. The molecule has 7 unspecified atom stereocenters. The summed E-state index contributed by atoms with van der Waals surface area (Å²) in [5.41, 5.74) is -1.40. The molecule has 2 aliphatic heterocycles. The van der Waals surface area contributed by atoms with E-state index in [1.165, 1.54) is 42.8 Å². The van der Waals surface area contributed by atoms with Crippen molar-refractivity contribution in [3.63, 3.8) is 0 Å². The molecule has 2 fully saturated rings. The second-order valence-corrected chi connectivity index (χ2v) is 24.8. The van der Waals surface area contributed by atoms with E-state index >= 15 is 0 Å². The molecule has 4 rings (SSSR count). The van der Waals surface area contributed by atoms with Crippen LogP contribution in [-0.2, 0) is 62.0 Å². The van der Waals surface area contributed by atoms with Crippen molar-refractivity contribution in [3.05, 3.63) is 46.2 Å². The predicted octanol–water partition coefficient (Wildman–Crippen LogP) is 10.6. The third-order valence-corrected chi connectivity index (χ3v) is 17.7. The van der Waals surface area contributed by atoms with Crippen molar-refractivity contribution >= 4 is 57.1 Å². The number of hydrogen-bond donors (Lipinski definition) is 3. The fourth-order valence-corrected chi connectivity index (χ4v) is 11.5. The summed E-state index contributed by atoms with van der Waals surface area (Å²) in [5, 5.41) is 15.2. The van der Waals surface area contributed by atoms with Crippen molar-refractivity contribution in [1.29, 1.82) is 0 Å².